The zero-order valence-electron chi connectivity index (χ0n) is 30.6. The summed E-state index contributed by atoms with van der Waals surface area (Å²) < 4.78 is 12.6. The molecule has 0 bridgehead atoms. The Morgan fingerprint density at radius 1 is 0.891 bits per heavy atom. The zero-order valence-corrected chi connectivity index (χ0v) is 31.4. The Kier molecular flexibility index (Phi) is 11.8. The predicted octanol–water partition coefficient (Wildman–Crippen LogP) is 6.63. The number of pyridine rings is 1. The molecule has 0 spiro atoms. The Morgan fingerprint density at radius 3 is 2.35 bits per heavy atom. The first-order valence-electron chi connectivity index (χ1n) is 17.3. The first kappa shape index (κ1) is 38.1. The van der Waals surface area contributed by atoms with Crippen LogP contribution >= 0.6 is 11.6 Å². The molecule has 0 aliphatic carbocycles. The molecular formula is C40H38ClN9O5. The van der Waals surface area contributed by atoms with Crippen LogP contribution in [0.4, 0.5) is 16.3 Å². The minimum absolute atomic E-state index is 0.00586. The minimum Gasteiger partial charge on any atom is -0.459 e. The Morgan fingerprint density at radius 2 is 1.62 bits per heavy atom. The Labute approximate surface area is 322 Å². The topological polar surface area (TPSA) is 180 Å². The van der Waals surface area contributed by atoms with Gasteiger partial charge in [0.1, 0.15) is 29.8 Å². The molecular weight excluding hydrogens is 722 g/mol. The number of fused-ring (bicyclic) bond motifs is 1. The van der Waals surface area contributed by atoms with E-state index < -0.39 is 12.1 Å². The number of halogens is 1. The van der Waals surface area contributed by atoms with Gasteiger partial charge in [0.15, 0.2) is 0 Å². The van der Waals surface area contributed by atoms with Crippen molar-refractivity contribution in [2.45, 2.75) is 40.3 Å². The van der Waals surface area contributed by atoms with Crippen molar-refractivity contribution in [3.05, 3.63) is 136 Å². The third-order valence-electron chi connectivity index (χ3n) is 8.74. The molecule has 0 aliphatic rings. The van der Waals surface area contributed by atoms with Gasteiger partial charge in [0.2, 0.25) is 0 Å². The van der Waals surface area contributed by atoms with Gasteiger partial charge < -0.3 is 25.1 Å². The number of carbonyl (C=O) groups is 3. The van der Waals surface area contributed by atoms with Crippen LogP contribution in [-0.2, 0) is 29.7 Å². The van der Waals surface area contributed by atoms with Crippen LogP contribution < -0.4 is 20.7 Å². The van der Waals surface area contributed by atoms with Crippen molar-refractivity contribution in [3.63, 3.8) is 0 Å². The fourth-order valence-electron chi connectivity index (χ4n) is 5.58. The number of benzene rings is 3. The summed E-state index contributed by atoms with van der Waals surface area (Å²) in [5.41, 5.74) is 12.1. The second-order valence-corrected chi connectivity index (χ2v) is 13.0. The summed E-state index contributed by atoms with van der Waals surface area (Å²) in [7, 11) is 1.90. The molecule has 3 N–H and O–H groups in total. The van der Waals surface area contributed by atoms with Crippen LogP contribution in [0.1, 0.15) is 50.9 Å². The van der Waals surface area contributed by atoms with Gasteiger partial charge >= 0.3 is 12.1 Å². The van der Waals surface area contributed by atoms with E-state index in [2.05, 4.69) is 25.3 Å². The van der Waals surface area contributed by atoms with Crippen molar-refractivity contribution in [1.29, 1.82) is 0 Å². The highest BCUT2D eigenvalue weighted by Gasteiger charge is 2.22. The Hall–Kier alpha value is -6.67. The van der Waals surface area contributed by atoms with Gasteiger partial charge in [-0.05, 0) is 99.6 Å². The standard InChI is InChI=1S/C40H38ClN9O5/c1-24-25(2)46-33(26(3)45-24)23-54-37(51)18-20-50(35-7-5-6-19-43-35)39(52)28-10-17-34-32(21-28)47-36(49(34)4)22-44-30-13-8-27(9-14-30)38(42)48-40(53)55-31-15-11-29(41)12-16-31/h5-17,19,21,44H,18,20,22-23H2,1-4H3,(H2,42,48,53). The lowest BCUT2D eigenvalue weighted by Crippen LogP contribution is -2.34. The molecule has 3 aromatic carbocycles. The number of aromatic nitrogens is 5. The van der Waals surface area contributed by atoms with Crippen molar-refractivity contribution < 1.29 is 23.9 Å². The maximum Gasteiger partial charge on any atom is 0.441 e. The molecule has 0 radical (unpaired) electrons. The largest absolute Gasteiger partial charge is 0.459 e. The van der Waals surface area contributed by atoms with Crippen LogP contribution in [0, 0.1) is 20.8 Å². The van der Waals surface area contributed by atoms with Gasteiger partial charge in [0, 0.05) is 41.6 Å². The van der Waals surface area contributed by atoms with E-state index in [-0.39, 0.29) is 31.3 Å². The van der Waals surface area contributed by atoms with Gasteiger partial charge in [-0.25, -0.2) is 14.8 Å². The average molecular weight is 760 g/mol. The molecule has 0 saturated carbocycles. The number of imidazole rings is 1. The van der Waals surface area contributed by atoms with Gasteiger partial charge in [-0.3, -0.25) is 24.5 Å². The number of amides is 2. The van der Waals surface area contributed by atoms with Gasteiger partial charge in [-0.2, -0.15) is 4.99 Å². The summed E-state index contributed by atoms with van der Waals surface area (Å²) in [6.45, 7) is 5.97. The monoisotopic (exact) mass is 759 g/mol. The molecule has 0 saturated heterocycles. The van der Waals surface area contributed by atoms with Crippen molar-refractivity contribution in [2.24, 2.45) is 17.8 Å². The molecule has 6 aromatic rings. The van der Waals surface area contributed by atoms with E-state index in [1.807, 2.05) is 50.6 Å². The lowest BCUT2D eigenvalue weighted by Gasteiger charge is -2.21. The van der Waals surface area contributed by atoms with Crippen LogP contribution in [0.25, 0.3) is 11.0 Å². The van der Waals surface area contributed by atoms with E-state index in [4.69, 9.17) is 31.8 Å². The normalized spacial score (nSPS) is 11.3. The number of nitrogens with one attached hydrogen (secondary N) is 1. The van der Waals surface area contributed by atoms with Gasteiger partial charge in [0.25, 0.3) is 5.91 Å². The highest BCUT2D eigenvalue weighted by atomic mass is 35.5. The number of ether oxygens (including phenoxy) is 2. The number of anilines is 2. The maximum absolute atomic E-state index is 13.9. The fraction of sp³-hybridized carbons (Fsp3) is 0.200. The number of amidine groups is 1. The first-order chi connectivity index (χ1) is 26.4. The van der Waals surface area contributed by atoms with E-state index in [1.165, 1.54) is 4.90 Å². The Balaban J connectivity index is 1.09. The lowest BCUT2D eigenvalue weighted by atomic mass is 10.1. The SMILES string of the molecule is Cc1nc(C)c(COC(=O)CCN(C(=O)c2ccc3c(c2)nc(CNc2ccc(/C(N)=N/C(=O)Oc4ccc(Cl)cc4)cc2)n3C)c2ccccn2)nc1C. The maximum atomic E-state index is 13.9. The van der Waals surface area contributed by atoms with E-state index in [0.717, 1.165) is 28.4 Å². The fourth-order valence-corrected chi connectivity index (χ4v) is 5.71. The summed E-state index contributed by atoms with van der Waals surface area (Å²) in [6.07, 6.45) is 0.680. The molecule has 3 aromatic heterocycles. The number of nitrogens with two attached hydrogens (primary N) is 1. The zero-order chi connectivity index (χ0) is 39.1. The Bertz CT molecular complexity index is 2380. The number of rotatable bonds is 12. The third-order valence-corrected chi connectivity index (χ3v) is 8.99. The molecule has 6 rings (SSSR count). The van der Waals surface area contributed by atoms with Crippen LogP contribution in [0.2, 0.25) is 5.02 Å². The van der Waals surface area contributed by atoms with Crippen LogP contribution in [-0.4, -0.2) is 54.9 Å². The number of aliphatic imine (C=N–C) groups is 1. The number of esters is 1. The molecule has 2 amide bonds. The quantitative estimate of drug-likeness (QED) is 0.0777. The molecule has 14 nitrogen and oxygen atoms in total. The number of hydrogen-bond donors (Lipinski definition) is 2. The molecule has 0 atom stereocenters. The average Bonchev–Trinajstić information content (AvgIpc) is 3.50. The van der Waals surface area contributed by atoms with Crippen LogP contribution in [0.5, 0.6) is 5.75 Å². The number of hydrogen-bond acceptors (Lipinski definition) is 10. The molecule has 15 heteroatoms. The summed E-state index contributed by atoms with van der Waals surface area (Å²) in [4.78, 5) is 62.4. The van der Waals surface area contributed by atoms with E-state index in [9.17, 15) is 14.4 Å². The number of carbonyl (C=O) groups excluding carboxylic acids is 3. The number of aryl methyl sites for hydroxylation is 4. The summed E-state index contributed by atoms with van der Waals surface area (Å²) in [6, 6.07) is 23.9. The summed E-state index contributed by atoms with van der Waals surface area (Å²) in [5.74, 6) is 0.614. The lowest BCUT2D eigenvalue weighted by molar-refractivity contribution is -0.144. The van der Waals surface area contributed by atoms with Crippen molar-refractivity contribution in [1.82, 2.24) is 24.5 Å². The molecule has 0 fully saturated rings. The van der Waals surface area contributed by atoms with Crippen molar-refractivity contribution in [3.8, 4) is 5.75 Å². The molecule has 280 valence electrons. The summed E-state index contributed by atoms with van der Waals surface area (Å²) >= 11 is 5.87. The van der Waals surface area contributed by atoms with Crippen molar-refractivity contribution in [2.75, 3.05) is 16.8 Å². The second-order valence-electron chi connectivity index (χ2n) is 12.5. The van der Waals surface area contributed by atoms with E-state index in [0.29, 0.717) is 51.2 Å². The van der Waals surface area contributed by atoms with Crippen LogP contribution in [0.3, 0.4) is 0 Å². The van der Waals surface area contributed by atoms with Gasteiger partial charge in [-0.1, -0.05) is 17.7 Å². The molecule has 3 heterocycles. The second kappa shape index (κ2) is 17.0. The van der Waals surface area contributed by atoms with Crippen LogP contribution in [0.15, 0.2) is 96.1 Å². The predicted molar refractivity (Wildman–Crippen MR) is 209 cm³/mol. The highest BCUT2D eigenvalue weighted by molar-refractivity contribution is 6.30. The number of nitrogens with zero attached hydrogens (tertiary/aromatic N) is 7. The molecule has 0 unspecified atom stereocenters. The first-order valence-corrected chi connectivity index (χ1v) is 17.6. The summed E-state index contributed by atoms with van der Waals surface area (Å²) in [5, 5.41) is 3.86. The molecule has 55 heavy (non-hydrogen) atoms. The molecule has 0 aliphatic heterocycles. The highest BCUT2D eigenvalue weighted by Crippen LogP contribution is 2.22. The van der Waals surface area contributed by atoms with E-state index in [1.54, 1.807) is 72.9 Å². The van der Waals surface area contributed by atoms with Gasteiger partial charge in [-0.15, -0.1) is 0 Å². The van der Waals surface area contributed by atoms with Crippen molar-refractivity contribution >= 4 is 57.9 Å². The minimum atomic E-state index is -0.853. The van der Waals surface area contributed by atoms with E-state index >= 15 is 0 Å². The third kappa shape index (κ3) is 9.47. The van der Waals surface area contributed by atoms with Gasteiger partial charge in [0.05, 0.1) is 46.8 Å². The smallest absolute Gasteiger partial charge is 0.441 e.